The van der Waals surface area contributed by atoms with Crippen LogP contribution in [0.3, 0.4) is 0 Å². The lowest BCUT2D eigenvalue weighted by Crippen LogP contribution is -2.57. The van der Waals surface area contributed by atoms with Crippen molar-refractivity contribution in [2.75, 3.05) is 52.2 Å². The Morgan fingerprint density at radius 2 is 1.63 bits per heavy atom. The van der Waals surface area contributed by atoms with E-state index in [0.29, 0.717) is 23.1 Å². The minimum absolute atomic E-state index is 0.0140. The molecule has 0 spiro atoms. The first-order valence-corrected chi connectivity index (χ1v) is 18.6. The third-order valence-electron chi connectivity index (χ3n) is 9.49. The van der Waals surface area contributed by atoms with Gasteiger partial charge in [-0.15, -0.1) is 0 Å². The highest BCUT2D eigenvalue weighted by atomic mass is 35.5. The fourth-order valence-corrected chi connectivity index (χ4v) is 7.91. The Labute approximate surface area is 313 Å². The van der Waals surface area contributed by atoms with Crippen LogP contribution in [0.1, 0.15) is 11.1 Å². The van der Waals surface area contributed by atoms with Crippen LogP contribution in [-0.2, 0) is 17.9 Å². The van der Waals surface area contributed by atoms with Crippen LogP contribution in [0.2, 0.25) is 10.0 Å². The molecule has 1 aromatic heterocycles. The number of nitrogens with one attached hydrogen (secondary N) is 2. The molecule has 0 radical (unpaired) electrons. The number of piperazine rings is 1. The number of carbonyl (C=O) groups is 1. The number of fused-ring (bicyclic) bond motifs is 2. The first-order valence-electron chi connectivity index (χ1n) is 17.0. The zero-order valence-electron chi connectivity index (χ0n) is 28.7. The number of pyridine rings is 1. The second kappa shape index (κ2) is 15.5. The highest BCUT2D eigenvalue weighted by Gasteiger charge is 2.30. The molecule has 6 aromatic rings. The lowest BCUT2D eigenvalue weighted by Gasteiger charge is -2.42. The monoisotopic (exact) mass is 736 g/mol. The number of anilines is 2. The Bertz CT molecular complexity index is 2190. The number of ether oxygens (including phenoxy) is 1. The van der Waals surface area contributed by atoms with Gasteiger partial charge in [0.05, 0.1) is 54.9 Å². The van der Waals surface area contributed by atoms with Crippen molar-refractivity contribution in [1.82, 2.24) is 15.2 Å². The van der Waals surface area contributed by atoms with Crippen LogP contribution in [0.15, 0.2) is 119 Å². The van der Waals surface area contributed by atoms with Gasteiger partial charge in [0, 0.05) is 62.7 Å². The molecule has 5 aromatic carbocycles. The molecule has 1 saturated heterocycles. The Morgan fingerprint density at radius 1 is 0.863 bits per heavy atom. The van der Waals surface area contributed by atoms with Gasteiger partial charge in [0.2, 0.25) is 5.91 Å². The molecule has 260 valence electrons. The minimum atomic E-state index is 0.0140. The molecule has 1 fully saturated rings. The van der Waals surface area contributed by atoms with E-state index in [0.717, 1.165) is 91.5 Å². The van der Waals surface area contributed by atoms with E-state index in [1.807, 2.05) is 66.7 Å². The number of hydrogen-bond donors (Lipinski definition) is 2. The molecule has 51 heavy (non-hydrogen) atoms. The summed E-state index contributed by atoms with van der Waals surface area (Å²) in [6, 6.07) is 36.7. The van der Waals surface area contributed by atoms with E-state index < -0.39 is 0 Å². The number of carbonyl (C=O) groups excluding carboxylic acids is 1. The first kappa shape index (κ1) is 35.1. The molecule has 10 heteroatoms. The van der Waals surface area contributed by atoms with Gasteiger partial charge in [-0.1, -0.05) is 65.3 Å². The van der Waals surface area contributed by atoms with Crippen LogP contribution in [-0.4, -0.2) is 67.2 Å². The predicted molar refractivity (Wildman–Crippen MR) is 210 cm³/mol. The molecular formula is C41H40Cl2N5O2S+. The Hall–Kier alpha value is -4.31. The molecule has 0 atom stereocenters. The quantitative estimate of drug-likeness (QED) is 0.102. The number of methoxy groups -OCH3 is 1. The molecule has 1 aliphatic heterocycles. The SMILES string of the molecule is COc1ccc2nc3ccc(Nc4cccc(Sc5ccccc5)c4CNC(=O)CN4CC[N+](C)(Cc5ccc(Cl)c(Cl)c5)CC4)cc3cc2c1. The normalized spacial score (nSPS) is 14.4. The van der Waals surface area contributed by atoms with Crippen molar-refractivity contribution in [2.45, 2.75) is 22.9 Å². The summed E-state index contributed by atoms with van der Waals surface area (Å²) in [5.74, 6) is 0.815. The summed E-state index contributed by atoms with van der Waals surface area (Å²) in [4.78, 5) is 22.7. The van der Waals surface area contributed by atoms with Crippen LogP contribution >= 0.6 is 35.0 Å². The van der Waals surface area contributed by atoms with Gasteiger partial charge in [-0.2, -0.15) is 0 Å². The third kappa shape index (κ3) is 8.60. The highest BCUT2D eigenvalue weighted by Crippen LogP contribution is 2.36. The van der Waals surface area contributed by atoms with Gasteiger partial charge in [-0.25, -0.2) is 4.98 Å². The fourth-order valence-electron chi connectivity index (χ4n) is 6.59. The van der Waals surface area contributed by atoms with Crippen molar-refractivity contribution in [3.63, 3.8) is 0 Å². The molecule has 2 N–H and O–H groups in total. The van der Waals surface area contributed by atoms with Crippen molar-refractivity contribution in [3.05, 3.63) is 130 Å². The summed E-state index contributed by atoms with van der Waals surface area (Å²) in [6.07, 6.45) is 0. The Kier molecular flexibility index (Phi) is 10.7. The van der Waals surface area contributed by atoms with E-state index in [-0.39, 0.29) is 5.91 Å². The maximum absolute atomic E-state index is 13.4. The van der Waals surface area contributed by atoms with E-state index in [1.54, 1.807) is 18.9 Å². The Balaban J connectivity index is 1.05. The van der Waals surface area contributed by atoms with E-state index in [1.165, 1.54) is 5.56 Å². The maximum atomic E-state index is 13.4. The zero-order valence-corrected chi connectivity index (χ0v) is 31.0. The predicted octanol–water partition coefficient (Wildman–Crippen LogP) is 9.18. The van der Waals surface area contributed by atoms with Gasteiger partial charge < -0.3 is 19.9 Å². The molecular weight excluding hydrogens is 697 g/mol. The first-order chi connectivity index (χ1) is 24.7. The van der Waals surface area contributed by atoms with Crippen molar-refractivity contribution >= 4 is 74.1 Å². The van der Waals surface area contributed by atoms with Crippen LogP contribution < -0.4 is 15.4 Å². The van der Waals surface area contributed by atoms with Gasteiger partial charge in [0.15, 0.2) is 0 Å². The molecule has 1 aliphatic rings. The smallest absolute Gasteiger partial charge is 0.234 e. The largest absolute Gasteiger partial charge is 0.497 e. The fraction of sp³-hybridized carbons (Fsp3) is 0.220. The van der Waals surface area contributed by atoms with Crippen molar-refractivity contribution in [1.29, 1.82) is 0 Å². The molecule has 0 unspecified atom stereocenters. The average molecular weight is 738 g/mol. The van der Waals surface area contributed by atoms with Crippen molar-refractivity contribution in [3.8, 4) is 5.75 Å². The third-order valence-corrected chi connectivity index (χ3v) is 11.3. The number of aromatic nitrogens is 1. The lowest BCUT2D eigenvalue weighted by atomic mass is 10.1. The number of benzene rings is 5. The van der Waals surface area contributed by atoms with E-state index >= 15 is 0 Å². The summed E-state index contributed by atoms with van der Waals surface area (Å²) in [6.45, 7) is 5.22. The molecule has 7 nitrogen and oxygen atoms in total. The van der Waals surface area contributed by atoms with Gasteiger partial charge in [-0.05, 0) is 78.9 Å². The summed E-state index contributed by atoms with van der Waals surface area (Å²) < 4.78 is 6.33. The van der Waals surface area contributed by atoms with Crippen molar-refractivity contribution in [2.24, 2.45) is 0 Å². The minimum Gasteiger partial charge on any atom is -0.497 e. The summed E-state index contributed by atoms with van der Waals surface area (Å²) in [5, 5.41) is 10.1. The number of nitrogens with zero attached hydrogens (tertiary/aromatic N) is 3. The van der Waals surface area contributed by atoms with Crippen LogP contribution in [0.5, 0.6) is 5.75 Å². The zero-order chi connectivity index (χ0) is 35.4. The number of amides is 1. The standard InChI is InChI=1S/C41H39Cl2N5O2S/c1-48(27-28-11-14-35(42)36(43)21-28)19-17-47(18-20-48)26-41(49)44-25-34-39(9-6-10-40(34)51-33-7-4-3-5-8-33)45-31-12-15-37-29(23-31)22-30-24-32(50-2)13-16-38(30)46-37/h3-16,21-24,45H,17-20,25-27H2,1-2H3/p+1. The van der Waals surface area contributed by atoms with E-state index in [9.17, 15) is 4.79 Å². The van der Waals surface area contributed by atoms with Crippen LogP contribution in [0.25, 0.3) is 21.8 Å². The number of halogens is 2. The van der Waals surface area contributed by atoms with Crippen LogP contribution in [0.4, 0.5) is 11.4 Å². The van der Waals surface area contributed by atoms with E-state index in [2.05, 4.69) is 65.0 Å². The number of hydrogen-bond acceptors (Lipinski definition) is 6. The molecule has 0 saturated carbocycles. The van der Waals surface area contributed by atoms with Gasteiger partial charge >= 0.3 is 0 Å². The second-order valence-electron chi connectivity index (χ2n) is 13.3. The van der Waals surface area contributed by atoms with Crippen LogP contribution in [0, 0.1) is 0 Å². The topological polar surface area (TPSA) is 66.5 Å². The van der Waals surface area contributed by atoms with E-state index in [4.69, 9.17) is 32.9 Å². The molecule has 1 amide bonds. The van der Waals surface area contributed by atoms with Gasteiger partial charge in [0.25, 0.3) is 0 Å². The average Bonchev–Trinajstić information content (AvgIpc) is 3.13. The second-order valence-corrected chi connectivity index (χ2v) is 15.2. The van der Waals surface area contributed by atoms with Gasteiger partial charge in [0.1, 0.15) is 12.3 Å². The lowest BCUT2D eigenvalue weighted by molar-refractivity contribution is -0.926. The van der Waals surface area contributed by atoms with Gasteiger partial charge in [-0.3, -0.25) is 9.69 Å². The summed E-state index contributed by atoms with van der Waals surface area (Å²) in [5.41, 5.74) is 5.93. The number of rotatable bonds is 11. The molecule has 0 bridgehead atoms. The summed E-state index contributed by atoms with van der Waals surface area (Å²) in [7, 11) is 3.94. The molecule has 2 heterocycles. The number of quaternary nitrogens is 1. The molecule has 7 rings (SSSR count). The summed E-state index contributed by atoms with van der Waals surface area (Å²) >= 11 is 14.1. The number of likely N-dealkylation sites (N-methyl/N-ethyl adjacent to an activating group) is 1. The highest BCUT2D eigenvalue weighted by molar-refractivity contribution is 7.99. The Morgan fingerprint density at radius 3 is 2.39 bits per heavy atom. The maximum Gasteiger partial charge on any atom is 0.234 e. The molecule has 0 aliphatic carbocycles. The van der Waals surface area contributed by atoms with Crippen molar-refractivity contribution < 1.29 is 14.0 Å².